The molecule has 0 aromatic carbocycles. The first-order valence-corrected chi connectivity index (χ1v) is 5.50. The van der Waals surface area contributed by atoms with Crippen molar-refractivity contribution >= 4 is 17.5 Å². The molecule has 0 aliphatic rings. The van der Waals surface area contributed by atoms with Gasteiger partial charge < -0.3 is 4.98 Å². The van der Waals surface area contributed by atoms with E-state index in [4.69, 9.17) is 0 Å². The van der Waals surface area contributed by atoms with Gasteiger partial charge in [0.15, 0.2) is 5.65 Å². The number of anilines is 1. The molecule has 3 aromatic rings. The molecule has 18 heavy (non-hydrogen) atoms. The number of hydrogen-bond acceptors (Lipinski definition) is 3. The number of carbonyl (C=O) groups is 1. The molecule has 0 atom stereocenters. The van der Waals surface area contributed by atoms with E-state index >= 15 is 0 Å². The molecular weight excluding hydrogens is 230 g/mol. The summed E-state index contributed by atoms with van der Waals surface area (Å²) in [5.41, 5.74) is 2.28. The average molecular weight is 241 g/mol. The fourth-order valence-corrected chi connectivity index (χ4v) is 1.68. The number of nitrogens with zero attached hydrogens (tertiary/aromatic N) is 3. The van der Waals surface area contributed by atoms with Gasteiger partial charge in [-0.2, -0.15) is 4.98 Å². The fourth-order valence-electron chi connectivity index (χ4n) is 1.68. The highest BCUT2D eigenvalue weighted by molar-refractivity contribution is 6.01. The number of amides is 1. The van der Waals surface area contributed by atoms with Crippen LogP contribution in [-0.2, 0) is 0 Å². The molecular formula is C12H11N5O. The number of H-pyrrole nitrogens is 1. The van der Waals surface area contributed by atoms with Gasteiger partial charge in [0.05, 0.1) is 0 Å². The molecule has 0 aliphatic carbocycles. The molecule has 0 saturated carbocycles. The number of nitrogens with one attached hydrogen (secondary N) is 2. The van der Waals surface area contributed by atoms with Crippen molar-refractivity contribution in [2.24, 2.45) is 0 Å². The van der Waals surface area contributed by atoms with Crippen LogP contribution in [0, 0.1) is 6.92 Å². The Bertz CT molecular complexity index is 698. The number of pyridine rings is 1. The Balaban J connectivity index is 1.89. The van der Waals surface area contributed by atoms with Crippen molar-refractivity contribution in [2.45, 2.75) is 6.92 Å². The van der Waals surface area contributed by atoms with E-state index in [0.717, 1.165) is 5.56 Å². The highest BCUT2D eigenvalue weighted by atomic mass is 16.2. The molecule has 0 fully saturated rings. The highest BCUT2D eigenvalue weighted by Gasteiger charge is 2.10. The molecule has 6 heteroatoms. The van der Waals surface area contributed by atoms with Gasteiger partial charge in [-0.3, -0.25) is 10.1 Å². The van der Waals surface area contributed by atoms with Crippen LogP contribution in [0.3, 0.4) is 0 Å². The maximum atomic E-state index is 11.8. The molecule has 0 aliphatic heterocycles. The first kappa shape index (κ1) is 10.5. The minimum atomic E-state index is -0.257. The summed E-state index contributed by atoms with van der Waals surface area (Å²) in [7, 11) is 0. The van der Waals surface area contributed by atoms with Gasteiger partial charge in [0.2, 0.25) is 5.95 Å². The average Bonchev–Trinajstić information content (AvgIpc) is 2.95. The molecule has 1 amide bonds. The van der Waals surface area contributed by atoms with E-state index in [-0.39, 0.29) is 5.91 Å². The molecule has 0 unspecified atom stereocenters. The lowest BCUT2D eigenvalue weighted by atomic mass is 10.3. The Kier molecular flexibility index (Phi) is 2.33. The maximum Gasteiger partial charge on any atom is 0.274 e. The van der Waals surface area contributed by atoms with Crippen LogP contribution in [0.2, 0.25) is 0 Å². The topological polar surface area (TPSA) is 75.1 Å². The standard InChI is InChI=1S/C12H11N5O/c1-8-4-6-17-10(7-8)14-12(16-17)15-11(18)9-3-2-5-13-9/h2-7,13H,1H3,(H,15,16,18). The van der Waals surface area contributed by atoms with E-state index in [2.05, 4.69) is 20.4 Å². The van der Waals surface area contributed by atoms with Gasteiger partial charge in [-0.1, -0.05) is 0 Å². The normalized spacial score (nSPS) is 10.7. The third-order valence-electron chi connectivity index (χ3n) is 2.56. The number of aryl methyl sites for hydroxylation is 1. The van der Waals surface area contributed by atoms with Gasteiger partial charge in [0.1, 0.15) is 5.69 Å². The van der Waals surface area contributed by atoms with Gasteiger partial charge in [-0.15, -0.1) is 5.10 Å². The zero-order valence-electron chi connectivity index (χ0n) is 9.71. The molecule has 0 spiro atoms. The Morgan fingerprint density at radius 2 is 2.33 bits per heavy atom. The van der Waals surface area contributed by atoms with Crippen molar-refractivity contribution in [3.63, 3.8) is 0 Å². The summed E-state index contributed by atoms with van der Waals surface area (Å²) in [6, 6.07) is 7.28. The number of rotatable bonds is 2. The number of carbonyl (C=O) groups excluding carboxylic acids is 1. The Morgan fingerprint density at radius 1 is 1.44 bits per heavy atom. The van der Waals surface area contributed by atoms with Crippen molar-refractivity contribution in [2.75, 3.05) is 5.32 Å². The zero-order chi connectivity index (χ0) is 12.5. The van der Waals surface area contributed by atoms with Crippen molar-refractivity contribution in [1.29, 1.82) is 0 Å². The first-order valence-electron chi connectivity index (χ1n) is 5.50. The Morgan fingerprint density at radius 3 is 3.11 bits per heavy atom. The fraction of sp³-hybridized carbons (Fsp3) is 0.0833. The summed E-state index contributed by atoms with van der Waals surface area (Å²) in [4.78, 5) is 18.8. The van der Waals surface area contributed by atoms with E-state index in [9.17, 15) is 4.79 Å². The number of aromatic nitrogens is 4. The van der Waals surface area contributed by atoms with Crippen molar-refractivity contribution in [3.05, 3.63) is 47.9 Å². The predicted molar refractivity (Wildman–Crippen MR) is 66.5 cm³/mol. The summed E-state index contributed by atoms with van der Waals surface area (Å²) in [6.45, 7) is 1.98. The molecule has 0 bridgehead atoms. The maximum absolute atomic E-state index is 11.8. The minimum absolute atomic E-state index is 0.257. The lowest BCUT2D eigenvalue weighted by Crippen LogP contribution is -2.13. The van der Waals surface area contributed by atoms with Crippen LogP contribution in [0.25, 0.3) is 5.65 Å². The van der Waals surface area contributed by atoms with E-state index in [1.165, 1.54) is 0 Å². The third-order valence-corrected chi connectivity index (χ3v) is 2.56. The molecule has 3 heterocycles. The molecule has 2 N–H and O–H groups in total. The van der Waals surface area contributed by atoms with Crippen molar-refractivity contribution in [3.8, 4) is 0 Å². The van der Waals surface area contributed by atoms with Crippen molar-refractivity contribution in [1.82, 2.24) is 19.6 Å². The van der Waals surface area contributed by atoms with E-state index < -0.39 is 0 Å². The lowest BCUT2D eigenvalue weighted by Gasteiger charge is -1.96. The Hall–Kier alpha value is -2.63. The molecule has 0 saturated heterocycles. The van der Waals surface area contributed by atoms with Crippen LogP contribution in [0.1, 0.15) is 16.1 Å². The summed E-state index contributed by atoms with van der Waals surface area (Å²) < 4.78 is 1.62. The summed E-state index contributed by atoms with van der Waals surface area (Å²) in [5, 5.41) is 6.80. The van der Waals surface area contributed by atoms with Gasteiger partial charge >= 0.3 is 0 Å². The number of fused-ring (bicyclic) bond motifs is 1. The summed E-state index contributed by atoms with van der Waals surface area (Å²) in [5.74, 6) is 0.0350. The summed E-state index contributed by atoms with van der Waals surface area (Å²) in [6.07, 6.45) is 3.50. The predicted octanol–water partition coefficient (Wildman–Crippen LogP) is 1.62. The van der Waals surface area contributed by atoms with E-state index in [1.54, 1.807) is 22.8 Å². The van der Waals surface area contributed by atoms with Gasteiger partial charge in [0, 0.05) is 12.4 Å². The van der Waals surface area contributed by atoms with Gasteiger partial charge in [-0.25, -0.2) is 4.52 Å². The zero-order valence-corrected chi connectivity index (χ0v) is 9.71. The van der Waals surface area contributed by atoms with Crippen LogP contribution < -0.4 is 5.32 Å². The molecule has 90 valence electrons. The van der Waals surface area contributed by atoms with Crippen LogP contribution in [-0.4, -0.2) is 25.5 Å². The van der Waals surface area contributed by atoms with Crippen LogP contribution in [0.5, 0.6) is 0 Å². The van der Waals surface area contributed by atoms with Gasteiger partial charge in [0.25, 0.3) is 5.91 Å². The monoisotopic (exact) mass is 241 g/mol. The van der Waals surface area contributed by atoms with Crippen LogP contribution in [0.15, 0.2) is 36.7 Å². The number of hydrogen-bond donors (Lipinski definition) is 2. The van der Waals surface area contributed by atoms with Crippen molar-refractivity contribution < 1.29 is 4.79 Å². The lowest BCUT2D eigenvalue weighted by molar-refractivity contribution is 0.102. The Labute approximate surface area is 103 Å². The molecule has 3 rings (SSSR count). The van der Waals surface area contributed by atoms with E-state index in [1.807, 2.05) is 25.3 Å². The largest absolute Gasteiger partial charge is 0.357 e. The number of aromatic amines is 1. The summed E-state index contributed by atoms with van der Waals surface area (Å²) >= 11 is 0. The first-order chi connectivity index (χ1) is 8.72. The SMILES string of the molecule is Cc1ccn2nc(NC(=O)c3ccc[nH]3)nc2c1. The quantitative estimate of drug-likeness (QED) is 0.715. The highest BCUT2D eigenvalue weighted by Crippen LogP contribution is 2.08. The second kappa shape index (κ2) is 3.99. The van der Waals surface area contributed by atoms with E-state index in [0.29, 0.717) is 17.3 Å². The van der Waals surface area contributed by atoms with Crippen LogP contribution in [0.4, 0.5) is 5.95 Å². The molecule has 6 nitrogen and oxygen atoms in total. The van der Waals surface area contributed by atoms with Gasteiger partial charge in [-0.05, 0) is 36.8 Å². The molecule has 0 radical (unpaired) electrons. The minimum Gasteiger partial charge on any atom is -0.357 e. The molecule has 3 aromatic heterocycles. The second-order valence-electron chi connectivity index (χ2n) is 3.98. The second-order valence-corrected chi connectivity index (χ2v) is 3.98. The van der Waals surface area contributed by atoms with Crippen LogP contribution >= 0.6 is 0 Å². The smallest absolute Gasteiger partial charge is 0.274 e. The third kappa shape index (κ3) is 1.84.